The van der Waals surface area contributed by atoms with E-state index in [9.17, 15) is 18.0 Å². The molecule has 0 atom stereocenters. The van der Waals surface area contributed by atoms with Gasteiger partial charge in [0.25, 0.3) is 11.8 Å². The van der Waals surface area contributed by atoms with Crippen molar-refractivity contribution < 1.29 is 27.2 Å². The van der Waals surface area contributed by atoms with Crippen LogP contribution in [0.2, 0.25) is 0 Å². The molecule has 1 aliphatic rings. The van der Waals surface area contributed by atoms with E-state index in [0.717, 1.165) is 8.66 Å². The third-order valence-electron chi connectivity index (χ3n) is 4.95. The van der Waals surface area contributed by atoms with Gasteiger partial charge in [0.1, 0.15) is 0 Å². The zero-order chi connectivity index (χ0) is 24.3. The minimum Gasteiger partial charge on any atom is -0.450 e. The van der Waals surface area contributed by atoms with Crippen LogP contribution < -0.4 is 5.32 Å². The van der Waals surface area contributed by atoms with Crippen LogP contribution in [0.15, 0.2) is 49.5 Å². The van der Waals surface area contributed by atoms with Crippen molar-refractivity contribution in [2.45, 2.75) is 11.8 Å². The number of halogens is 1. The summed E-state index contributed by atoms with van der Waals surface area (Å²) >= 11 is 4.77. The van der Waals surface area contributed by atoms with Crippen molar-refractivity contribution in [2.75, 3.05) is 38.1 Å². The second kappa shape index (κ2) is 10.2. The van der Waals surface area contributed by atoms with Gasteiger partial charge >= 0.3 is 12.1 Å². The first-order valence-corrected chi connectivity index (χ1v) is 13.3. The van der Waals surface area contributed by atoms with Crippen LogP contribution in [0, 0.1) is 0 Å². The van der Waals surface area contributed by atoms with Crippen LogP contribution in [0.4, 0.5) is 10.8 Å². The molecule has 1 aliphatic heterocycles. The number of anilines is 1. The Morgan fingerprint density at radius 2 is 1.82 bits per heavy atom. The number of piperazine rings is 1. The van der Waals surface area contributed by atoms with Crippen LogP contribution in [-0.4, -0.2) is 72.6 Å². The Labute approximate surface area is 207 Å². The molecule has 1 N–H and O–H groups in total. The van der Waals surface area contributed by atoms with Crippen LogP contribution in [0.5, 0.6) is 0 Å². The first-order valence-electron chi connectivity index (χ1n) is 10.2. The van der Waals surface area contributed by atoms with E-state index >= 15 is 0 Å². The van der Waals surface area contributed by atoms with E-state index in [1.54, 1.807) is 6.92 Å². The van der Waals surface area contributed by atoms with Crippen LogP contribution >= 0.6 is 27.3 Å². The van der Waals surface area contributed by atoms with Gasteiger partial charge in [0.15, 0.2) is 0 Å². The lowest BCUT2D eigenvalue weighted by Crippen LogP contribution is -2.50. The van der Waals surface area contributed by atoms with Crippen molar-refractivity contribution in [2.24, 2.45) is 0 Å². The summed E-state index contributed by atoms with van der Waals surface area (Å²) in [6, 6.07) is 9.13. The number of sulfonamides is 1. The number of benzene rings is 1. The lowest BCUT2D eigenvalue weighted by atomic mass is 10.2. The minimum absolute atomic E-state index is 0.0528. The molecule has 0 bridgehead atoms. The quantitative estimate of drug-likeness (QED) is 0.477. The zero-order valence-electron chi connectivity index (χ0n) is 17.9. The smallest absolute Gasteiger partial charge is 0.409 e. The number of aromatic nitrogens is 2. The normalized spacial score (nSPS) is 14.7. The highest BCUT2D eigenvalue weighted by Crippen LogP contribution is 2.31. The van der Waals surface area contributed by atoms with Crippen LogP contribution in [0.25, 0.3) is 10.8 Å². The summed E-state index contributed by atoms with van der Waals surface area (Å²) < 4.78 is 38.5. The number of thiophene rings is 1. The average molecular weight is 570 g/mol. The van der Waals surface area contributed by atoms with Gasteiger partial charge in [-0.15, -0.1) is 16.4 Å². The molecule has 34 heavy (non-hydrogen) atoms. The van der Waals surface area contributed by atoms with Gasteiger partial charge < -0.3 is 14.1 Å². The van der Waals surface area contributed by atoms with Gasteiger partial charge in [-0.3, -0.25) is 10.1 Å². The summed E-state index contributed by atoms with van der Waals surface area (Å²) in [5, 5.41) is 10.2. The number of carbonyl (C=O) groups is 2. The number of nitrogens with one attached hydrogen (secondary N) is 1. The molecule has 3 aromatic rings. The lowest BCUT2D eigenvalue weighted by Gasteiger charge is -2.33. The van der Waals surface area contributed by atoms with Crippen molar-refractivity contribution >= 4 is 55.3 Å². The zero-order valence-corrected chi connectivity index (χ0v) is 21.2. The second-order valence-corrected chi connectivity index (χ2v) is 11.5. The molecule has 4 rings (SSSR count). The predicted octanol–water partition coefficient (Wildman–Crippen LogP) is 3.28. The van der Waals surface area contributed by atoms with E-state index in [1.807, 2.05) is 12.1 Å². The monoisotopic (exact) mass is 569 g/mol. The maximum atomic E-state index is 13.0. The maximum absolute atomic E-state index is 13.0. The second-order valence-electron chi connectivity index (χ2n) is 7.08. The highest BCUT2D eigenvalue weighted by Gasteiger charge is 2.30. The number of hydrogen-bond acceptors (Lipinski definition) is 9. The van der Waals surface area contributed by atoms with Gasteiger partial charge in [0.2, 0.25) is 10.0 Å². The van der Waals surface area contributed by atoms with Gasteiger partial charge in [-0.1, -0.05) is 5.10 Å². The molecular weight excluding hydrogens is 550 g/mol. The fraction of sp³-hybridized carbons (Fsp3) is 0.300. The highest BCUT2D eigenvalue weighted by molar-refractivity contribution is 9.11. The molecule has 3 heterocycles. The molecule has 11 nitrogen and oxygen atoms in total. The molecule has 1 fully saturated rings. The third kappa shape index (κ3) is 5.29. The Balaban J connectivity index is 1.38. The molecule has 0 radical (unpaired) electrons. The fourth-order valence-corrected chi connectivity index (χ4v) is 5.95. The Morgan fingerprint density at radius 3 is 2.44 bits per heavy atom. The fourth-order valence-electron chi connectivity index (χ4n) is 3.22. The topological polar surface area (TPSA) is 135 Å². The molecule has 14 heteroatoms. The standard InChI is InChI=1S/C20H20BrN5O6S2/c1-2-31-20(28)25-9-11-26(12-10-25)34(29,30)14-5-3-13(4-6-14)17(27)22-19-24-23-18(32-19)15-7-8-16(21)33-15/h3-8H,2,9-12H2,1H3,(H,22,24,27). The number of hydrogen-bond donors (Lipinski definition) is 1. The van der Waals surface area contributed by atoms with Crippen molar-refractivity contribution in [3.63, 3.8) is 0 Å². The van der Waals surface area contributed by atoms with Crippen LogP contribution in [-0.2, 0) is 14.8 Å². The van der Waals surface area contributed by atoms with E-state index in [2.05, 4.69) is 31.4 Å². The highest BCUT2D eigenvalue weighted by atomic mass is 79.9. The Hall–Kier alpha value is -2.81. The SMILES string of the molecule is CCOC(=O)N1CCN(S(=O)(=O)c2ccc(C(=O)Nc3nnc(-c4ccc(Br)s4)o3)cc2)CC1. The summed E-state index contributed by atoms with van der Waals surface area (Å²) in [4.78, 5) is 26.6. The molecule has 1 aromatic carbocycles. The summed E-state index contributed by atoms with van der Waals surface area (Å²) in [6.45, 7) is 2.78. The molecule has 0 saturated carbocycles. The van der Waals surface area contributed by atoms with E-state index in [4.69, 9.17) is 9.15 Å². The Kier molecular flexibility index (Phi) is 7.30. The molecule has 0 aliphatic carbocycles. The van der Waals surface area contributed by atoms with E-state index in [-0.39, 0.29) is 55.2 Å². The van der Waals surface area contributed by atoms with Crippen LogP contribution in [0.1, 0.15) is 17.3 Å². The average Bonchev–Trinajstić information content (AvgIpc) is 3.48. The van der Waals surface area contributed by atoms with E-state index in [0.29, 0.717) is 0 Å². The molecule has 180 valence electrons. The van der Waals surface area contributed by atoms with Crippen molar-refractivity contribution in [3.8, 4) is 10.8 Å². The number of rotatable bonds is 6. The van der Waals surface area contributed by atoms with E-state index in [1.165, 1.54) is 44.8 Å². The molecule has 2 amide bonds. The largest absolute Gasteiger partial charge is 0.450 e. The predicted molar refractivity (Wildman–Crippen MR) is 127 cm³/mol. The molecule has 2 aromatic heterocycles. The summed E-state index contributed by atoms with van der Waals surface area (Å²) in [5.41, 5.74) is 0.227. The number of nitrogens with zero attached hydrogens (tertiary/aromatic N) is 4. The summed E-state index contributed by atoms with van der Waals surface area (Å²) in [6.07, 6.45) is -0.452. The van der Waals surface area contributed by atoms with Gasteiger partial charge in [-0.2, -0.15) is 4.31 Å². The number of amides is 2. The van der Waals surface area contributed by atoms with Gasteiger partial charge in [-0.05, 0) is 59.3 Å². The van der Waals surface area contributed by atoms with E-state index < -0.39 is 22.0 Å². The van der Waals surface area contributed by atoms with Crippen molar-refractivity contribution in [3.05, 3.63) is 45.7 Å². The maximum Gasteiger partial charge on any atom is 0.409 e. The van der Waals surface area contributed by atoms with Crippen molar-refractivity contribution in [1.29, 1.82) is 0 Å². The number of carbonyl (C=O) groups excluding carboxylic acids is 2. The van der Waals surface area contributed by atoms with Gasteiger partial charge in [0, 0.05) is 31.7 Å². The molecule has 0 unspecified atom stereocenters. The molecule has 1 saturated heterocycles. The first kappa shape index (κ1) is 24.3. The summed E-state index contributed by atoms with van der Waals surface area (Å²) in [7, 11) is -3.77. The van der Waals surface area contributed by atoms with Gasteiger partial charge in [0.05, 0.1) is 20.2 Å². The third-order valence-corrected chi connectivity index (χ3v) is 8.47. The first-order chi connectivity index (χ1) is 16.3. The Bertz CT molecular complexity index is 1280. The Morgan fingerprint density at radius 1 is 1.12 bits per heavy atom. The lowest BCUT2D eigenvalue weighted by molar-refractivity contribution is 0.0933. The number of ether oxygens (including phenoxy) is 1. The summed E-state index contributed by atoms with van der Waals surface area (Å²) in [5.74, 6) is -0.245. The minimum atomic E-state index is -3.77. The molecular formula is C20H20BrN5O6S2. The van der Waals surface area contributed by atoms with Gasteiger partial charge in [-0.25, -0.2) is 13.2 Å². The van der Waals surface area contributed by atoms with Crippen LogP contribution in [0.3, 0.4) is 0 Å². The molecule has 0 spiro atoms. The van der Waals surface area contributed by atoms with Crippen molar-refractivity contribution in [1.82, 2.24) is 19.4 Å².